The zero-order valence-corrected chi connectivity index (χ0v) is 13.3. The minimum Gasteiger partial charge on any atom is -0.336 e. The smallest absolute Gasteiger partial charge is 0.259 e. The highest BCUT2D eigenvalue weighted by Gasteiger charge is 2.16. The second-order valence-electron chi connectivity index (χ2n) is 5.11. The van der Waals surface area contributed by atoms with Crippen LogP contribution in [0.2, 0.25) is 0 Å². The molecule has 0 saturated heterocycles. The van der Waals surface area contributed by atoms with E-state index < -0.39 is 0 Å². The summed E-state index contributed by atoms with van der Waals surface area (Å²) in [5, 5.41) is 16.8. The van der Waals surface area contributed by atoms with Crippen LogP contribution in [-0.4, -0.2) is 26.2 Å². The summed E-state index contributed by atoms with van der Waals surface area (Å²) < 4.78 is 5.17. The summed E-state index contributed by atoms with van der Waals surface area (Å²) in [6, 6.07) is 1.74. The average molecular weight is 317 g/mol. The number of pyridine rings is 1. The van der Waals surface area contributed by atoms with E-state index in [1.54, 1.807) is 6.07 Å². The molecule has 0 aliphatic heterocycles. The summed E-state index contributed by atoms with van der Waals surface area (Å²) in [5.74, 6) is -0.0826. The molecule has 1 N–H and O–H groups in total. The Morgan fingerprint density at radius 3 is 2.91 bits per heavy atom. The van der Waals surface area contributed by atoms with Gasteiger partial charge in [-0.05, 0) is 18.4 Å². The van der Waals surface area contributed by atoms with E-state index in [4.69, 9.17) is 4.52 Å². The first-order valence-electron chi connectivity index (χ1n) is 6.97. The number of hydrogen-bond donors (Lipinski definition) is 1. The number of aryl methyl sites for hydroxylation is 1. The zero-order chi connectivity index (χ0) is 15.7. The normalized spacial score (nSPS) is 11.3. The molecule has 0 aliphatic carbocycles. The second-order valence-corrected chi connectivity index (χ2v) is 6.17. The van der Waals surface area contributed by atoms with Gasteiger partial charge in [-0.15, -0.1) is 10.2 Å². The molecule has 1 amide bonds. The van der Waals surface area contributed by atoms with Gasteiger partial charge in [-0.1, -0.05) is 37.3 Å². The molecule has 0 saturated carbocycles. The van der Waals surface area contributed by atoms with Crippen LogP contribution < -0.4 is 5.32 Å². The molecule has 3 rings (SSSR count). The number of nitrogens with one attached hydrogen (secondary N) is 1. The van der Waals surface area contributed by atoms with Gasteiger partial charge in [0.1, 0.15) is 5.01 Å². The Labute approximate surface area is 130 Å². The molecule has 22 heavy (non-hydrogen) atoms. The molecule has 3 heterocycles. The van der Waals surface area contributed by atoms with Gasteiger partial charge in [-0.2, -0.15) is 0 Å². The first-order chi connectivity index (χ1) is 10.6. The predicted octanol–water partition coefficient (Wildman–Crippen LogP) is 3.01. The molecule has 0 aliphatic rings. The van der Waals surface area contributed by atoms with E-state index in [9.17, 15) is 4.79 Å². The second kappa shape index (κ2) is 5.80. The molecule has 0 radical (unpaired) electrons. The van der Waals surface area contributed by atoms with Crippen molar-refractivity contribution in [1.82, 2.24) is 20.3 Å². The fourth-order valence-corrected chi connectivity index (χ4v) is 2.68. The van der Waals surface area contributed by atoms with Gasteiger partial charge in [0.15, 0.2) is 0 Å². The molecule has 0 unspecified atom stereocenters. The van der Waals surface area contributed by atoms with Crippen LogP contribution in [0.3, 0.4) is 0 Å². The van der Waals surface area contributed by atoms with Gasteiger partial charge in [-0.3, -0.25) is 10.1 Å². The Kier molecular flexibility index (Phi) is 3.84. The molecule has 3 aromatic rings. The van der Waals surface area contributed by atoms with E-state index in [2.05, 4.69) is 25.7 Å². The molecule has 0 atom stereocenters. The zero-order valence-electron chi connectivity index (χ0n) is 12.5. The van der Waals surface area contributed by atoms with E-state index in [0.29, 0.717) is 16.4 Å². The van der Waals surface area contributed by atoms with Crippen LogP contribution in [-0.2, 0) is 6.42 Å². The molecule has 0 fully saturated rings. The third-order valence-electron chi connectivity index (χ3n) is 3.16. The Morgan fingerprint density at radius 1 is 1.41 bits per heavy atom. The van der Waals surface area contributed by atoms with E-state index in [1.807, 2.05) is 20.8 Å². The first kappa shape index (κ1) is 14.6. The molecule has 7 nitrogen and oxygen atoms in total. The number of carbonyl (C=O) groups excluding carboxylic acids is 1. The third kappa shape index (κ3) is 2.69. The van der Waals surface area contributed by atoms with Gasteiger partial charge in [0.25, 0.3) is 11.6 Å². The minimum atomic E-state index is -0.274. The summed E-state index contributed by atoms with van der Waals surface area (Å²) in [4.78, 5) is 16.4. The van der Waals surface area contributed by atoms with Crippen molar-refractivity contribution in [3.05, 3.63) is 28.5 Å². The number of aromatic nitrogens is 4. The molecule has 114 valence electrons. The highest BCUT2D eigenvalue weighted by Crippen LogP contribution is 2.24. The lowest BCUT2D eigenvalue weighted by molar-refractivity contribution is 0.102. The van der Waals surface area contributed by atoms with Crippen molar-refractivity contribution in [2.24, 2.45) is 0 Å². The highest BCUT2D eigenvalue weighted by molar-refractivity contribution is 7.15. The number of nitrogens with zero attached hydrogens (tertiary/aromatic N) is 4. The molecule has 0 bridgehead atoms. The van der Waals surface area contributed by atoms with Crippen LogP contribution in [0.1, 0.15) is 47.7 Å². The number of fused-ring (bicyclic) bond motifs is 1. The lowest BCUT2D eigenvalue weighted by Crippen LogP contribution is -2.12. The molecule has 3 aromatic heterocycles. The maximum absolute atomic E-state index is 12.3. The van der Waals surface area contributed by atoms with Crippen LogP contribution in [0.15, 0.2) is 16.8 Å². The Bertz CT molecular complexity index is 824. The quantitative estimate of drug-likeness (QED) is 0.795. The molecular weight excluding hydrogens is 302 g/mol. The van der Waals surface area contributed by atoms with E-state index in [1.165, 1.54) is 17.5 Å². The Hall–Kier alpha value is -2.35. The average Bonchev–Trinajstić information content (AvgIpc) is 3.12. The van der Waals surface area contributed by atoms with Gasteiger partial charge in [0.05, 0.1) is 16.6 Å². The van der Waals surface area contributed by atoms with Crippen molar-refractivity contribution >= 4 is 33.5 Å². The predicted molar refractivity (Wildman–Crippen MR) is 83.1 cm³/mol. The molecule has 0 spiro atoms. The van der Waals surface area contributed by atoms with Crippen LogP contribution in [0.25, 0.3) is 11.1 Å². The van der Waals surface area contributed by atoms with Gasteiger partial charge >= 0.3 is 0 Å². The van der Waals surface area contributed by atoms with Crippen molar-refractivity contribution in [1.29, 1.82) is 0 Å². The van der Waals surface area contributed by atoms with E-state index in [-0.39, 0.29) is 11.8 Å². The largest absolute Gasteiger partial charge is 0.336 e. The summed E-state index contributed by atoms with van der Waals surface area (Å²) in [6.45, 7) is 6.01. The summed E-state index contributed by atoms with van der Waals surface area (Å²) in [7, 11) is 0. The molecule has 0 aromatic carbocycles. The number of amides is 1. The minimum absolute atomic E-state index is 0.191. The number of anilines is 1. The monoisotopic (exact) mass is 317 g/mol. The number of rotatable bonds is 4. The molecule has 8 heteroatoms. The summed E-state index contributed by atoms with van der Waals surface area (Å²) >= 11 is 1.36. The van der Waals surface area contributed by atoms with Gasteiger partial charge in [0, 0.05) is 6.20 Å². The van der Waals surface area contributed by atoms with Crippen LogP contribution in [0, 0.1) is 0 Å². The first-order valence-corrected chi connectivity index (χ1v) is 7.79. The van der Waals surface area contributed by atoms with Crippen molar-refractivity contribution in [3.8, 4) is 0 Å². The van der Waals surface area contributed by atoms with Crippen molar-refractivity contribution in [3.63, 3.8) is 0 Å². The van der Waals surface area contributed by atoms with Crippen LogP contribution in [0.4, 0.5) is 5.13 Å². The van der Waals surface area contributed by atoms with Gasteiger partial charge < -0.3 is 4.52 Å². The maximum Gasteiger partial charge on any atom is 0.259 e. The number of hydrogen-bond acceptors (Lipinski definition) is 7. The molecular formula is C14H15N5O2S. The van der Waals surface area contributed by atoms with E-state index >= 15 is 0 Å². The Morgan fingerprint density at radius 2 is 2.23 bits per heavy atom. The van der Waals surface area contributed by atoms with Crippen molar-refractivity contribution < 1.29 is 9.32 Å². The summed E-state index contributed by atoms with van der Waals surface area (Å²) in [5.41, 5.74) is 1.66. The fourth-order valence-electron chi connectivity index (χ4n) is 2.01. The van der Waals surface area contributed by atoms with Crippen molar-refractivity contribution in [2.45, 2.75) is 33.1 Å². The standard InChI is InChI=1S/C14H15N5O2S/c1-4-10-17-18-14(22-10)16-12(20)8-5-9-11(7(2)3)19-21-13(9)15-6-8/h5-7H,4H2,1-3H3,(H,16,18,20). The van der Waals surface area contributed by atoms with Crippen LogP contribution >= 0.6 is 11.3 Å². The highest BCUT2D eigenvalue weighted by atomic mass is 32.1. The van der Waals surface area contributed by atoms with Gasteiger partial charge in [0.2, 0.25) is 5.13 Å². The van der Waals surface area contributed by atoms with Gasteiger partial charge in [-0.25, -0.2) is 4.98 Å². The number of carbonyl (C=O) groups is 1. The maximum atomic E-state index is 12.3. The van der Waals surface area contributed by atoms with Crippen LogP contribution in [0.5, 0.6) is 0 Å². The lowest BCUT2D eigenvalue weighted by Gasteiger charge is -2.02. The van der Waals surface area contributed by atoms with E-state index in [0.717, 1.165) is 22.5 Å². The van der Waals surface area contributed by atoms with Crippen molar-refractivity contribution in [2.75, 3.05) is 5.32 Å². The fraction of sp³-hybridized carbons (Fsp3) is 0.357. The Balaban J connectivity index is 1.88. The topological polar surface area (TPSA) is 93.8 Å². The lowest BCUT2D eigenvalue weighted by atomic mass is 10.1. The third-order valence-corrected chi connectivity index (χ3v) is 4.14. The summed E-state index contributed by atoms with van der Waals surface area (Å²) in [6.07, 6.45) is 2.26. The SMILES string of the molecule is CCc1nnc(NC(=O)c2cnc3onc(C(C)C)c3c2)s1.